The molecule has 0 aromatic carbocycles. The van der Waals surface area contributed by atoms with Crippen LogP contribution in [0.25, 0.3) is 0 Å². The molecule has 1 amide bonds. The lowest BCUT2D eigenvalue weighted by Crippen LogP contribution is -2.42. The third kappa shape index (κ3) is 1.42. The van der Waals surface area contributed by atoms with Crippen molar-refractivity contribution in [1.82, 2.24) is 4.90 Å². The van der Waals surface area contributed by atoms with Crippen molar-refractivity contribution in [3.8, 4) is 0 Å². The van der Waals surface area contributed by atoms with Crippen molar-refractivity contribution < 1.29 is 9.53 Å². The molecule has 9 heavy (non-hydrogen) atoms. The number of morpholine rings is 1. The summed E-state index contributed by atoms with van der Waals surface area (Å²) >= 11 is 0. The van der Waals surface area contributed by atoms with Crippen LogP contribution in [0.2, 0.25) is 0 Å². The van der Waals surface area contributed by atoms with Crippen LogP contribution in [0.1, 0.15) is 6.92 Å². The number of amides is 1. The first-order valence-electron chi connectivity index (χ1n) is 3.07. The molecule has 1 saturated heterocycles. The average Bonchev–Trinajstić information content (AvgIpc) is 1.89. The number of hydrogen-bond acceptors (Lipinski definition) is 2. The number of rotatable bonds is 1. The van der Waals surface area contributed by atoms with E-state index in [2.05, 4.69) is 0 Å². The first-order valence-corrected chi connectivity index (χ1v) is 3.07. The van der Waals surface area contributed by atoms with Gasteiger partial charge < -0.3 is 9.64 Å². The minimum absolute atomic E-state index is 0.205. The van der Waals surface area contributed by atoms with Gasteiger partial charge in [-0.15, -0.1) is 0 Å². The highest BCUT2D eigenvalue weighted by Crippen LogP contribution is 2.01. The molecule has 0 bridgehead atoms. The predicted octanol–water partition coefficient (Wildman–Crippen LogP) is -0.226. The molecule has 1 aliphatic rings. The van der Waals surface area contributed by atoms with Gasteiger partial charge in [0.25, 0.3) is 0 Å². The molecule has 3 heteroatoms. The fraction of sp³-hybridized carbons (Fsp3) is 0.833. The Labute approximate surface area is 54.6 Å². The van der Waals surface area contributed by atoms with Gasteiger partial charge in [-0.25, -0.2) is 0 Å². The average molecular weight is 128 g/mol. The van der Waals surface area contributed by atoms with Crippen LogP contribution in [0.3, 0.4) is 0 Å². The zero-order valence-electron chi connectivity index (χ0n) is 5.46. The third-order valence-electron chi connectivity index (χ3n) is 1.48. The highest BCUT2D eigenvalue weighted by atomic mass is 16.5. The Morgan fingerprint density at radius 1 is 1.78 bits per heavy atom. The van der Waals surface area contributed by atoms with Crippen LogP contribution < -0.4 is 0 Å². The summed E-state index contributed by atoms with van der Waals surface area (Å²) in [4.78, 5) is 11.7. The summed E-state index contributed by atoms with van der Waals surface area (Å²) in [5.74, 6) is 0. The summed E-state index contributed by atoms with van der Waals surface area (Å²) in [5, 5.41) is 0. The molecule has 0 aliphatic carbocycles. The lowest BCUT2D eigenvalue weighted by Gasteiger charge is -2.28. The zero-order valence-corrected chi connectivity index (χ0v) is 5.46. The molecule has 0 saturated carbocycles. The van der Waals surface area contributed by atoms with Crippen molar-refractivity contribution in [2.45, 2.75) is 13.0 Å². The van der Waals surface area contributed by atoms with Crippen molar-refractivity contribution >= 4 is 6.41 Å². The van der Waals surface area contributed by atoms with Gasteiger partial charge in [0.15, 0.2) is 0 Å². The maximum absolute atomic E-state index is 10.1. The quantitative estimate of drug-likeness (QED) is 0.488. The molecule has 1 aliphatic heterocycles. The third-order valence-corrected chi connectivity index (χ3v) is 1.48. The van der Waals surface area contributed by atoms with Crippen LogP contribution in [0.4, 0.5) is 0 Å². The summed E-state index contributed by atoms with van der Waals surface area (Å²) in [7, 11) is 0. The van der Waals surface area contributed by atoms with Gasteiger partial charge in [-0.3, -0.25) is 4.79 Å². The van der Waals surface area contributed by atoms with E-state index in [4.69, 9.17) is 4.74 Å². The second kappa shape index (κ2) is 2.82. The largest absolute Gasteiger partial charge is 0.377 e. The molecule has 0 aromatic heterocycles. The topological polar surface area (TPSA) is 29.5 Å². The molecular weight excluding hydrogens is 118 g/mol. The van der Waals surface area contributed by atoms with Gasteiger partial charge in [-0.05, 0) is 6.92 Å². The van der Waals surface area contributed by atoms with Crippen molar-refractivity contribution in [2.75, 3.05) is 19.8 Å². The molecule has 1 atom stereocenters. The van der Waals surface area contributed by atoms with Gasteiger partial charge in [0.2, 0.25) is 0 Å². The van der Waals surface area contributed by atoms with E-state index in [0.29, 0.717) is 19.8 Å². The summed E-state index contributed by atoms with van der Waals surface area (Å²) in [6.45, 7) is 3.93. The van der Waals surface area contributed by atoms with Crippen LogP contribution >= 0.6 is 0 Å². The van der Waals surface area contributed by atoms with Gasteiger partial charge in [-0.2, -0.15) is 0 Å². The van der Waals surface area contributed by atoms with Crippen molar-refractivity contribution in [1.29, 1.82) is 0 Å². The summed E-state index contributed by atoms with van der Waals surface area (Å²) in [6, 6.07) is 0.205. The van der Waals surface area contributed by atoms with Gasteiger partial charge in [-0.1, -0.05) is 0 Å². The molecule has 0 unspecified atom stereocenters. The van der Waals surface area contributed by atoms with Crippen LogP contribution in [-0.2, 0) is 9.53 Å². The van der Waals surface area contributed by atoms with E-state index >= 15 is 0 Å². The molecular formula is C6H10NO2. The van der Waals surface area contributed by atoms with E-state index in [1.165, 1.54) is 0 Å². The molecule has 1 fully saturated rings. The first-order chi connectivity index (χ1) is 4.34. The van der Waals surface area contributed by atoms with Crippen LogP contribution in [0.5, 0.6) is 0 Å². The van der Waals surface area contributed by atoms with Gasteiger partial charge >= 0.3 is 6.41 Å². The fourth-order valence-corrected chi connectivity index (χ4v) is 0.863. The molecule has 3 nitrogen and oxygen atoms in total. The molecule has 0 spiro atoms. The molecule has 1 rings (SSSR count). The molecule has 0 N–H and O–H groups in total. The number of ether oxygens (including phenoxy) is 1. The summed E-state index contributed by atoms with van der Waals surface area (Å²) in [5.41, 5.74) is 0. The Bertz CT molecular complexity index is 105. The van der Waals surface area contributed by atoms with Crippen LogP contribution in [0, 0.1) is 0 Å². The van der Waals surface area contributed by atoms with Gasteiger partial charge in [0.1, 0.15) is 0 Å². The van der Waals surface area contributed by atoms with E-state index in [1.54, 1.807) is 4.90 Å². The smallest absolute Gasteiger partial charge is 0.312 e. The highest BCUT2D eigenvalue weighted by molar-refractivity contribution is 5.48. The van der Waals surface area contributed by atoms with E-state index < -0.39 is 0 Å². The van der Waals surface area contributed by atoms with Crippen molar-refractivity contribution in [2.24, 2.45) is 0 Å². The van der Waals surface area contributed by atoms with Crippen LogP contribution in [0.15, 0.2) is 0 Å². The monoisotopic (exact) mass is 128 g/mol. The Hall–Kier alpha value is -0.570. The van der Waals surface area contributed by atoms with Crippen molar-refractivity contribution in [3.05, 3.63) is 0 Å². The molecule has 51 valence electrons. The summed E-state index contributed by atoms with van der Waals surface area (Å²) in [6.07, 6.45) is 1.86. The van der Waals surface area contributed by atoms with Gasteiger partial charge in [0, 0.05) is 6.54 Å². The lowest BCUT2D eigenvalue weighted by atomic mass is 10.3. The first kappa shape index (κ1) is 6.55. The minimum atomic E-state index is 0.205. The zero-order chi connectivity index (χ0) is 6.69. The van der Waals surface area contributed by atoms with E-state index in [-0.39, 0.29) is 6.04 Å². The van der Waals surface area contributed by atoms with Crippen LogP contribution in [-0.4, -0.2) is 37.1 Å². The Balaban J connectivity index is 2.38. The number of nitrogens with zero attached hydrogens (tertiary/aromatic N) is 1. The second-order valence-corrected chi connectivity index (χ2v) is 2.21. The van der Waals surface area contributed by atoms with Gasteiger partial charge in [0.05, 0.1) is 19.3 Å². The maximum Gasteiger partial charge on any atom is 0.312 e. The van der Waals surface area contributed by atoms with E-state index in [9.17, 15) is 4.79 Å². The normalized spacial score (nSPS) is 28.1. The SMILES string of the molecule is C[C@H]1COCCN1[C]=O. The highest BCUT2D eigenvalue weighted by Gasteiger charge is 2.16. The molecule has 1 radical (unpaired) electrons. The van der Waals surface area contributed by atoms with E-state index in [0.717, 1.165) is 0 Å². The predicted molar refractivity (Wildman–Crippen MR) is 32.7 cm³/mol. The Kier molecular flexibility index (Phi) is 2.05. The second-order valence-electron chi connectivity index (χ2n) is 2.21. The maximum atomic E-state index is 10.1. The minimum Gasteiger partial charge on any atom is -0.377 e. The molecule has 0 aromatic rings. The van der Waals surface area contributed by atoms with Crippen molar-refractivity contribution in [3.63, 3.8) is 0 Å². The number of hydrogen-bond donors (Lipinski definition) is 0. The molecule has 1 heterocycles. The summed E-state index contributed by atoms with van der Waals surface area (Å²) < 4.78 is 5.09. The Morgan fingerprint density at radius 3 is 3.00 bits per heavy atom. The Morgan fingerprint density at radius 2 is 2.56 bits per heavy atom. The number of carbonyl (C=O) groups excluding carboxylic acids is 1. The fourth-order valence-electron chi connectivity index (χ4n) is 0.863. The lowest BCUT2D eigenvalue weighted by molar-refractivity contribution is 0.0321. The van der Waals surface area contributed by atoms with E-state index in [1.807, 2.05) is 13.3 Å². The standard InChI is InChI=1S/C6H10NO2/c1-6-4-9-3-2-7(6)5-8/h6H,2-4H2,1H3/t6-/m0/s1.